The average Bonchev–Trinajstić information content (AvgIpc) is 2.49. The minimum Gasteiger partial charge on any atom is -0.204 e. The highest BCUT2D eigenvalue weighted by Crippen LogP contribution is 2.17. The third-order valence-corrected chi connectivity index (χ3v) is 4.01. The van der Waals surface area contributed by atoms with Crippen LogP contribution in [0.5, 0.6) is 0 Å². The first-order valence-corrected chi connectivity index (χ1v) is 6.85. The molecule has 0 fully saturated rings. The molecule has 0 aliphatic rings. The van der Waals surface area contributed by atoms with Crippen LogP contribution in [0.3, 0.4) is 0 Å². The van der Waals surface area contributed by atoms with Crippen molar-refractivity contribution in [1.29, 1.82) is 0 Å². The van der Waals surface area contributed by atoms with Gasteiger partial charge in [0.2, 0.25) is 0 Å². The zero-order chi connectivity index (χ0) is 13.6. The van der Waals surface area contributed by atoms with Gasteiger partial charge in [-0.15, -0.1) is 25.3 Å². The SMILES string of the molecule is C=CC[B-](CC=C)(c1ccccc1)c1ccccc1. The largest absolute Gasteiger partial charge is 0.204 e. The maximum absolute atomic E-state index is 3.96. The van der Waals surface area contributed by atoms with E-state index >= 15 is 0 Å². The maximum atomic E-state index is 3.96. The van der Waals surface area contributed by atoms with Crippen LogP contribution in [0, 0.1) is 0 Å². The van der Waals surface area contributed by atoms with Crippen molar-refractivity contribution >= 4 is 17.1 Å². The summed E-state index contributed by atoms with van der Waals surface area (Å²) < 4.78 is 0. The van der Waals surface area contributed by atoms with Crippen LogP contribution in [0.1, 0.15) is 0 Å². The predicted molar refractivity (Wildman–Crippen MR) is 87.9 cm³/mol. The molecule has 0 nitrogen and oxygen atoms in total. The molecule has 0 aliphatic carbocycles. The number of hydrogen-bond acceptors (Lipinski definition) is 0. The minimum atomic E-state index is -0.830. The van der Waals surface area contributed by atoms with E-state index < -0.39 is 6.15 Å². The van der Waals surface area contributed by atoms with Crippen LogP contribution in [-0.4, -0.2) is 6.15 Å². The van der Waals surface area contributed by atoms with Gasteiger partial charge < -0.3 is 0 Å². The summed E-state index contributed by atoms with van der Waals surface area (Å²) >= 11 is 0. The van der Waals surface area contributed by atoms with Gasteiger partial charge in [-0.2, -0.15) is 12.6 Å². The van der Waals surface area contributed by atoms with Gasteiger partial charge in [0.25, 0.3) is 0 Å². The number of hydrogen-bond donors (Lipinski definition) is 0. The van der Waals surface area contributed by atoms with Gasteiger partial charge in [0.15, 0.2) is 0 Å². The Morgan fingerprint density at radius 2 is 1.05 bits per heavy atom. The monoisotopic (exact) mass is 247 g/mol. The fourth-order valence-corrected chi connectivity index (χ4v) is 3.04. The first kappa shape index (κ1) is 13.4. The molecule has 0 bridgehead atoms. The van der Waals surface area contributed by atoms with E-state index in [4.69, 9.17) is 0 Å². The van der Waals surface area contributed by atoms with Gasteiger partial charge in [0, 0.05) is 0 Å². The second-order valence-electron chi connectivity index (χ2n) is 5.12. The zero-order valence-electron chi connectivity index (χ0n) is 11.3. The predicted octanol–water partition coefficient (Wildman–Crippen LogP) is 3.62. The van der Waals surface area contributed by atoms with E-state index in [9.17, 15) is 0 Å². The van der Waals surface area contributed by atoms with Crippen LogP contribution in [0.25, 0.3) is 0 Å². The van der Waals surface area contributed by atoms with Gasteiger partial charge in [-0.1, -0.05) is 60.7 Å². The Kier molecular flexibility index (Phi) is 4.41. The van der Waals surface area contributed by atoms with Crippen LogP contribution in [0.4, 0.5) is 0 Å². The summed E-state index contributed by atoms with van der Waals surface area (Å²) in [4.78, 5) is 0. The third kappa shape index (κ3) is 2.71. The normalized spacial score (nSPS) is 10.9. The number of benzene rings is 2. The first-order valence-electron chi connectivity index (χ1n) is 6.85. The van der Waals surface area contributed by atoms with E-state index in [0.29, 0.717) is 0 Å². The zero-order valence-corrected chi connectivity index (χ0v) is 11.3. The molecule has 0 saturated carbocycles. The molecular weight excluding hydrogens is 227 g/mol. The van der Waals surface area contributed by atoms with Crippen molar-refractivity contribution in [3.05, 3.63) is 86.0 Å². The molecule has 19 heavy (non-hydrogen) atoms. The van der Waals surface area contributed by atoms with Gasteiger partial charge in [0.05, 0.1) is 6.15 Å². The summed E-state index contributed by atoms with van der Waals surface area (Å²) in [7, 11) is 0. The highest BCUT2D eigenvalue weighted by molar-refractivity contribution is 7.02. The van der Waals surface area contributed by atoms with Gasteiger partial charge in [-0.25, -0.2) is 10.9 Å². The molecule has 0 aromatic heterocycles. The summed E-state index contributed by atoms with van der Waals surface area (Å²) in [6.45, 7) is 7.92. The third-order valence-electron chi connectivity index (χ3n) is 4.01. The van der Waals surface area contributed by atoms with E-state index in [-0.39, 0.29) is 0 Å². The van der Waals surface area contributed by atoms with Crippen LogP contribution in [0.15, 0.2) is 86.0 Å². The van der Waals surface area contributed by atoms with E-state index in [1.165, 1.54) is 10.9 Å². The summed E-state index contributed by atoms with van der Waals surface area (Å²) in [5.41, 5.74) is 2.77. The van der Waals surface area contributed by atoms with Gasteiger partial charge >= 0.3 is 0 Å². The molecule has 0 saturated heterocycles. The molecule has 0 N–H and O–H groups in total. The van der Waals surface area contributed by atoms with Crippen molar-refractivity contribution in [2.24, 2.45) is 0 Å². The Labute approximate surface area is 116 Å². The van der Waals surface area contributed by atoms with Crippen molar-refractivity contribution in [3.63, 3.8) is 0 Å². The summed E-state index contributed by atoms with van der Waals surface area (Å²) in [5.74, 6) is 0. The Balaban J connectivity index is 2.60. The summed E-state index contributed by atoms with van der Waals surface area (Å²) in [6.07, 6.45) is 5.18. The second-order valence-corrected chi connectivity index (χ2v) is 5.12. The molecule has 0 spiro atoms. The van der Waals surface area contributed by atoms with Crippen molar-refractivity contribution in [1.82, 2.24) is 0 Å². The average molecular weight is 247 g/mol. The Morgan fingerprint density at radius 3 is 1.37 bits per heavy atom. The quantitative estimate of drug-likeness (QED) is 0.540. The van der Waals surface area contributed by atoms with Crippen LogP contribution in [0.2, 0.25) is 12.6 Å². The van der Waals surface area contributed by atoms with E-state index in [1.807, 2.05) is 12.2 Å². The van der Waals surface area contributed by atoms with Gasteiger partial charge in [-0.05, 0) is 0 Å². The Morgan fingerprint density at radius 1 is 0.684 bits per heavy atom. The molecular formula is C18H20B-. The molecule has 2 aromatic carbocycles. The standard InChI is InChI=1S/C18H20B/c1-3-15-19(16-4-2,17-11-7-5-8-12-17)18-13-9-6-10-14-18/h3-14H,1-2,15-16H2/q-1. The Bertz CT molecular complexity index is 477. The van der Waals surface area contributed by atoms with Crippen LogP contribution >= 0.6 is 0 Å². The molecule has 96 valence electrons. The topological polar surface area (TPSA) is 0 Å². The highest BCUT2D eigenvalue weighted by atomic mass is 14.0. The van der Waals surface area contributed by atoms with Crippen molar-refractivity contribution in [2.45, 2.75) is 12.6 Å². The highest BCUT2D eigenvalue weighted by Gasteiger charge is 2.25. The lowest BCUT2D eigenvalue weighted by Crippen LogP contribution is -2.57. The van der Waals surface area contributed by atoms with Crippen molar-refractivity contribution < 1.29 is 0 Å². The first-order chi connectivity index (χ1) is 9.33. The number of rotatable bonds is 6. The molecule has 2 aromatic rings. The molecule has 0 unspecified atom stereocenters. The Hall–Kier alpha value is -2.02. The molecule has 0 heterocycles. The van der Waals surface area contributed by atoms with E-state index in [0.717, 1.165) is 12.6 Å². The fraction of sp³-hybridized carbons (Fsp3) is 0.111. The second kappa shape index (κ2) is 6.24. The molecule has 0 radical (unpaired) electrons. The van der Waals surface area contributed by atoms with E-state index in [1.54, 1.807) is 0 Å². The minimum absolute atomic E-state index is 0.830. The van der Waals surface area contributed by atoms with Crippen molar-refractivity contribution in [2.75, 3.05) is 0 Å². The molecule has 0 aliphatic heterocycles. The fourth-order valence-electron chi connectivity index (χ4n) is 3.04. The van der Waals surface area contributed by atoms with Crippen molar-refractivity contribution in [3.8, 4) is 0 Å². The molecule has 1 heteroatoms. The van der Waals surface area contributed by atoms with E-state index in [2.05, 4.69) is 73.8 Å². The molecule has 0 atom stereocenters. The van der Waals surface area contributed by atoms with Crippen LogP contribution < -0.4 is 10.9 Å². The molecule has 2 rings (SSSR count). The lowest BCUT2D eigenvalue weighted by Gasteiger charge is -2.40. The lowest BCUT2D eigenvalue weighted by molar-refractivity contribution is 1.47. The summed E-state index contributed by atoms with van der Waals surface area (Å²) in [5, 5.41) is 0. The lowest BCUT2D eigenvalue weighted by atomic mass is 9.15. The molecule has 0 amide bonds. The summed E-state index contributed by atoms with van der Waals surface area (Å²) in [6, 6.07) is 21.5. The number of allylic oxidation sites excluding steroid dienone is 2. The van der Waals surface area contributed by atoms with Gasteiger partial charge in [0.1, 0.15) is 0 Å². The van der Waals surface area contributed by atoms with Gasteiger partial charge in [-0.3, -0.25) is 0 Å². The van der Waals surface area contributed by atoms with Crippen LogP contribution in [-0.2, 0) is 0 Å². The smallest absolute Gasteiger partial charge is 0.0620 e. The maximum Gasteiger partial charge on any atom is 0.0620 e.